The quantitative estimate of drug-likeness (QED) is 0.712. The van der Waals surface area contributed by atoms with Gasteiger partial charge in [0, 0.05) is 11.3 Å². The molecule has 3 rings (SSSR count). The van der Waals surface area contributed by atoms with Crippen LogP contribution in [0.2, 0.25) is 0 Å². The molecule has 2 aromatic rings. The van der Waals surface area contributed by atoms with Crippen molar-refractivity contribution in [1.29, 1.82) is 0 Å². The molecule has 0 aromatic heterocycles. The first-order chi connectivity index (χ1) is 13.8. The molecule has 150 valence electrons. The van der Waals surface area contributed by atoms with Gasteiger partial charge in [0.1, 0.15) is 12.3 Å². The monoisotopic (exact) mass is 410 g/mol. The number of ether oxygens (including phenoxy) is 1. The Balaban J connectivity index is 1.73. The molecule has 7 heteroatoms. The molecule has 0 spiro atoms. The maximum absolute atomic E-state index is 12.7. The summed E-state index contributed by atoms with van der Waals surface area (Å²) in [5.41, 5.74) is 2.33. The van der Waals surface area contributed by atoms with E-state index in [1.54, 1.807) is 12.1 Å². The van der Waals surface area contributed by atoms with E-state index >= 15 is 0 Å². The highest BCUT2D eigenvalue weighted by Crippen LogP contribution is 2.34. The molecule has 3 amide bonds. The summed E-state index contributed by atoms with van der Waals surface area (Å²) in [6.45, 7) is 5.41. The molecule has 29 heavy (non-hydrogen) atoms. The summed E-state index contributed by atoms with van der Waals surface area (Å²) in [4.78, 5) is 38.5. The van der Waals surface area contributed by atoms with Crippen LogP contribution in [0.3, 0.4) is 0 Å². The molecule has 6 nitrogen and oxygen atoms in total. The number of thioether (sulfide) groups is 1. The molecule has 0 bridgehead atoms. The fourth-order valence-corrected chi connectivity index (χ4v) is 3.63. The largest absolute Gasteiger partial charge is 0.490 e. The number of nitrogens with zero attached hydrogens (tertiary/aromatic N) is 1. The van der Waals surface area contributed by atoms with Gasteiger partial charge in [-0.25, -0.2) is 0 Å². The molecule has 1 heterocycles. The fourth-order valence-electron chi connectivity index (χ4n) is 2.81. The SMILES string of the molecule is Cc1cccc(NC(=O)CN2C(=O)S/C(=C\c3ccccc3OC(C)C)C2=O)c1. The second-order valence-corrected chi connectivity index (χ2v) is 7.88. The predicted molar refractivity (Wildman–Crippen MR) is 115 cm³/mol. The van der Waals surface area contributed by atoms with Crippen molar-refractivity contribution in [2.24, 2.45) is 0 Å². The summed E-state index contributed by atoms with van der Waals surface area (Å²) >= 11 is 0.818. The zero-order chi connectivity index (χ0) is 21.0. The van der Waals surface area contributed by atoms with Crippen LogP contribution in [0.4, 0.5) is 10.5 Å². The zero-order valence-electron chi connectivity index (χ0n) is 16.5. The summed E-state index contributed by atoms with van der Waals surface area (Å²) in [7, 11) is 0. The lowest BCUT2D eigenvalue weighted by molar-refractivity contribution is -0.127. The number of hydrogen-bond acceptors (Lipinski definition) is 5. The average Bonchev–Trinajstić information content (AvgIpc) is 2.90. The Kier molecular flexibility index (Phi) is 6.39. The lowest BCUT2D eigenvalue weighted by atomic mass is 10.2. The highest BCUT2D eigenvalue weighted by Gasteiger charge is 2.36. The summed E-state index contributed by atoms with van der Waals surface area (Å²) in [5.74, 6) is -0.284. The lowest BCUT2D eigenvalue weighted by Crippen LogP contribution is -2.36. The first kappa shape index (κ1) is 20.7. The lowest BCUT2D eigenvalue weighted by Gasteiger charge is -2.13. The van der Waals surface area contributed by atoms with E-state index in [1.165, 1.54) is 0 Å². The third kappa shape index (κ3) is 5.26. The molecule has 1 aliphatic rings. The molecular weight excluding hydrogens is 388 g/mol. The smallest absolute Gasteiger partial charge is 0.294 e. The van der Waals surface area contributed by atoms with E-state index < -0.39 is 17.1 Å². The van der Waals surface area contributed by atoms with E-state index in [0.29, 0.717) is 17.0 Å². The van der Waals surface area contributed by atoms with Gasteiger partial charge in [-0.2, -0.15) is 0 Å². The van der Waals surface area contributed by atoms with Gasteiger partial charge in [-0.1, -0.05) is 30.3 Å². The summed E-state index contributed by atoms with van der Waals surface area (Å²) in [5, 5.41) is 2.24. The Morgan fingerprint density at radius 3 is 2.66 bits per heavy atom. The minimum Gasteiger partial charge on any atom is -0.490 e. The molecule has 0 saturated carbocycles. The van der Waals surface area contributed by atoms with Crippen LogP contribution in [0.25, 0.3) is 6.08 Å². The fraction of sp³-hybridized carbons (Fsp3) is 0.227. The minimum absolute atomic E-state index is 0.0232. The Labute approximate surface area is 173 Å². The average molecular weight is 410 g/mol. The maximum Gasteiger partial charge on any atom is 0.294 e. The number of para-hydroxylation sites is 1. The van der Waals surface area contributed by atoms with Crippen molar-refractivity contribution >= 4 is 40.6 Å². The van der Waals surface area contributed by atoms with Gasteiger partial charge < -0.3 is 10.1 Å². The van der Waals surface area contributed by atoms with Crippen LogP contribution >= 0.6 is 11.8 Å². The van der Waals surface area contributed by atoms with Crippen molar-refractivity contribution < 1.29 is 19.1 Å². The molecular formula is C22H22N2O4S. The molecule has 1 N–H and O–H groups in total. The van der Waals surface area contributed by atoms with Crippen LogP contribution in [0.1, 0.15) is 25.0 Å². The van der Waals surface area contributed by atoms with Crippen LogP contribution in [-0.4, -0.2) is 34.6 Å². The first-order valence-corrected chi connectivity index (χ1v) is 10.0. The molecule has 2 aromatic carbocycles. The van der Waals surface area contributed by atoms with E-state index in [9.17, 15) is 14.4 Å². The maximum atomic E-state index is 12.7. The van der Waals surface area contributed by atoms with Gasteiger partial charge in [0.05, 0.1) is 11.0 Å². The number of rotatable bonds is 6. The second kappa shape index (κ2) is 8.96. The number of nitrogens with one attached hydrogen (secondary N) is 1. The Bertz CT molecular complexity index is 984. The molecule has 0 aliphatic carbocycles. The van der Waals surface area contributed by atoms with Gasteiger partial charge in [0.2, 0.25) is 5.91 Å². The van der Waals surface area contributed by atoms with Crippen molar-refractivity contribution in [3.63, 3.8) is 0 Å². The molecule has 1 fully saturated rings. The van der Waals surface area contributed by atoms with Crippen molar-refractivity contribution in [3.8, 4) is 5.75 Å². The molecule has 0 atom stereocenters. The molecule has 1 aliphatic heterocycles. The third-order valence-electron chi connectivity index (χ3n) is 4.05. The second-order valence-electron chi connectivity index (χ2n) is 6.89. The van der Waals surface area contributed by atoms with E-state index in [4.69, 9.17) is 4.74 Å². The van der Waals surface area contributed by atoms with Gasteiger partial charge in [-0.3, -0.25) is 19.3 Å². The van der Waals surface area contributed by atoms with Gasteiger partial charge in [0.25, 0.3) is 11.1 Å². The third-order valence-corrected chi connectivity index (χ3v) is 4.95. The first-order valence-electron chi connectivity index (χ1n) is 9.21. The molecule has 1 saturated heterocycles. The van der Waals surface area contributed by atoms with Crippen LogP contribution < -0.4 is 10.1 Å². The number of imide groups is 1. The van der Waals surface area contributed by atoms with E-state index in [2.05, 4.69) is 5.32 Å². The van der Waals surface area contributed by atoms with Crippen molar-refractivity contribution in [1.82, 2.24) is 4.90 Å². The zero-order valence-corrected chi connectivity index (χ0v) is 17.3. The standard InChI is InChI=1S/C22H22N2O4S/c1-14(2)28-18-10-5-4-8-16(18)12-19-21(26)24(22(27)29-19)13-20(25)23-17-9-6-7-15(3)11-17/h4-12,14H,13H2,1-3H3,(H,23,25)/b19-12-. The van der Waals surface area contributed by atoms with Gasteiger partial charge in [0.15, 0.2) is 0 Å². The number of benzene rings is 2. The van der Waals surface area contributed by atoms with Crippen molar-refractivity contribution in [2.75, 3.05) is 11.9 Å². The number of carbonyl (C=O) groups excluding carboxylic acids is 3. The number of carbonyl (C=O) groups is 3. The number of amides is 3. The van der Waals surface area contributed by atoms with Crippen LogP contribution in [0.15, 0.2) is 53.4 Å². The summed E-state index contributed by atoms with van der Waals surface area (Å²) < 4.78 is 5.76. The number of aryl methyl sites for hydroxylation is 1. The van der Waals surface area contributed by atoms with Gasteiger partial charge in [-0.05, 0) is 62.4 Å². The number of anilines is 1. The predicted octanol–water partition coefficient (Wildman–Crippen LogP) is 4.46. The topological polar surface area (TPSA) is 75.7 Å². The van der Waals surface area contributed by atoms with Gasteiger partial charge in [-0.15, -0.1) is 0 Å². The Hall–Kier alpha value is -3.06. The normalized spacial score (nSPS) is 15.3. The highest BCUT2D eigenvalue weighted by atomic mass is 32.2. The van der Waals surface area contributed by atoms with Crippen LogP contribution in [0, 0.1) is 6.92 Å². The number of hydrogen-bond donors (Lipinski definition) is 1. The summed E-state index contributed by atoms with van der Waals surface area (Å²) in [6.07, 6.45) is 1.60. The minimum atomic E-state index is -0.487. The van der Waals surface area contributed by atoms with Crippen molar-refractivity contribution in [3.05, 3.63) is 64.6 Å². The van der Waals surface area contributed by atoms with E-state index in [0.717, 1.165) is 22.2 Å². The molecule has 0 radical (unpaired) electrons. The summed E-state index contributed by atoms with van der Waals surface area (Å²) in [6, 6.07) is 14.6. The Morgan fingerprint density at radius 2 is 1.93 bits per heavy atom. The van der Waals surface area contributed by atoms with Gasteiger partial charge >= 0.3 is 0 Å². The molecule has 0 unspecified atom stereocenters. The highest BCUT2D eigenvalue weighted by molar-refractivity contribution is 8.18. The Morgan fingerprint density at radius 1 is 1.17 bits per heavy atom. The van der Waals surface area contributed by atoms with Crippen molar-refractivity contribution in [2.45, 2.75) is 26.9 Å². The van der Waals surface area contributed by atoms with Crippen LogP contribution in [-0.2, 0) is 9.59 Å². The van der Waals surface area contributed by atoms with E-state index in [1.807, 2.05) is 63.2 Å². The van der Waals surface area contributed by atoms with Crippen LogP contribution in [0.5, 0.6) is 5.75 Å². The van der Waals surface area contributed by atoms with E-state index in [-0.39, 0.29) is 17.6 Å².